The fourth-order valence-electron chi connectivity index (χ4n) is 8.66. The normalized spacial score (nSPS) is 11.3. The van der Waals surface area contributed by atoms with Crippen LogP contribution in [0.2, 0.25) is 0 Å². The van der Waals surface area contributed by atoms with Gasteiger partial charge in [-0.05, 0) is 106 Å². The largest absolute Gasteiger partial charge is 0.436 e. The minimum atomic E-state index is 0.585. The van der Waals surface area contributed by atoms with Crippen LogP contribution in [-0.4, -0.2) is 19.9 Å². The van der Waals surface area contributed by atoms with Crippen molar-refractivity contribution < 1.29 is 8.83 Å². The van der Waals surface area contributed by atoms with Crippen LogP contribution in [0.4, 0.5) is 0 Å². The average molecular weight is 847 g/mol. The molecule has 0 radical (unpaired) electrons. The molecule has 0 saturated heterocycles. The predicted octanol–water partition coefficient (Wildman–Crippen LogP) is 15.8. The first-order chi connectivity index (χ1) is 32.7. The van der Waals surface area contributed by atoms with Gasteiger partial charge in [-0.1, -0.05) is 158 Å². The molecule has 66 heavy (non-hydrogen) atoms. The van der Waals surface area contributed by atoms with Crippen molar-refractivity contribution in [3.63, 3.8) is 0 Å². The molecule has 0 bridgehead atoms. The number of para-hydroxylation sites is 2. The standard InChI is InChI=1S/C60H38N4O2/c1-3-11-43(12-4-1)50-34-35-51(44-13-5-2-6-14-44)58-57(50)64-60(66-58)48-32-24-42(25-33-48)40-20-28-46(29-21-40)56-49(36-37-53(62-56)52-15-9-10-38-61-52)45-26-18-39(19-27-45)41-22-30-47(31-23-41)59-63-54-16-7-8-17-55(54)65-59/h1-38H. The minimum Gasteiger partial charge on any atom is -0.436 e. The molecule has 0 atom stereocenters. The monoisotopic (exact) mass is 846 g/mol. The summed E-state index contributed by atoms with van der Waals surface area (Å²) in [7, 11) is 0. The highest BCUT2D eigenvalue weighted by molar-refractivity contribution is 6.00. The van der Waals surface area contributed by atoms with Crippen LogP contribution < -0.4 is 0 Å². The maximum Gasteiger partial charge on any atom is 0.227 e. The van der Waals surface area contributed by atoms with E-state index in [0.29, 0.717) is 11.8 Å². The van der Waals surface area contributed by atoms with E-state index >= 15 is 0 Å². The lowest BCUT2D eigenvalue weighted by Gasteiger charge is -2.13. The maximum absolute atomic E-state index is 6.63. The Kier molecular flexibility index (Phi) is 9.73. The number of nitrogens with zero attached hydrogens (tertiary/aromatic N) is 4. The van der Waals surface area contributed by atoms with Crippen molar-refractivity contribution in [2.75, 3.05) is 0 Å². The Morgan fingerprint density at radius 3 is 1.38 bits per heavy atom. The number of aromatic nitrogens is 4. The molecule has 6 nitrogen and oxygen atoms in total. The lowest BCUT2D eigenvalue weighted by Crippen LogP contribution is -1.94. The van der Waals surface area contributed by atoms with Gasteiger partial charge in [-0.25, -0.2) is 15.0 Å². The molecule has 6 heteroatoms. The first-order valence-electron chi connectivity index (χ1n) is 21.9. The highest BCUT2D eigenvalue weighted by Crippen LogP contribution is 2.40. The second-order valence-electron chi connectivity index (χ2n) is 16.2. The fraction of sp³-hybridized carbons (Fsp3) is 0. The Labute approximate surface area is 381 Å². The number of rotatable bonds is 9. The Bertz CT molecular complexity index is 3530. The van der Waals surface area contributed by atoms with E-state index in [2.05, 4.69) is 168 Å². The number of benzene rings is 8. The third-order valence-electron chi connectivity index (χ3n) is 12.1. The summed E-state index contributed by atoms with van der Waals surface area (Å²) in [6.07, 6.45) is 1.80. The summed E-state index contributed by atoms with van der Waals surface area (Å²) >= 11 is 0. The van der Waals surface area contributed by atoms with Gasteiger partial charge in [0.05, 0.1) is 17.1 Å². The van der Waals surface area contributed by atoms with Crippen LogP contribution in [0.25, 0.3) is 123 Å². The summed E-state index contributed by atoms with van der Waals surface area (Å²) in [6.45, 7) is 0. The molecule has 310 valence electrons. The van der Waals surface area contributed by atoms with Crippen molar-refractivity contribution in [2.24, 2.45) is 0 Å². The van der Waals surface area contributed by atoms with Crippen LogP contribution >= 0.6 is 0 Å². The smallest absolute Gasteiger partial charge is 0.227 e. The van der Waals surface area contributed by atoms with Crippen molar-refractivity contribution in [1.29, 1.82) is 0 Å². The number of oxazole rings is 2. The van der Waals surface area contributed by atoms with Gasteiger partial charge < -0.3 is 8.83 Å². The zero-order valence-corrected chi connectivity index (χ0v) is 35.5. The van der Waals surface area contributed by atoms with E-state index in [1.165, 1.54) is 0 Å². The molecule has 8 aromatic carbocycles. The summed E-state index contributed by atoms with van der Waals surface area (Å²) in [5, 5.41) is 0. The third kappa shape index (κ3) is 7.32. The molecule has 0 N–H and O–H groups in total. The summed E-state index contributed by atoms with van der Waals surface area (Å²) in [6, 6.07) is 77.0. The van der Waals surface area contributed by atoms with Gasteiger partial charge in [-0.2, -0.15) is 0 Å². The van der Waals surface area contributed by atoms with Crippen molar-refractivity contribution in [2.45, 2.75) is 0 Å². The van der Waals surface area contributed by atoms with E-state index in [-0.39, 0.29) is 0 Å². The van der Waals surface area contributed by atoms with Crippen molar-refractivity contribution >= 4 is 22.2 Å². The van der Waals surface area contributed by atoms with E-state index in [1.54, 1.807) is 6.20 Å². The van der Waals surface area contributed by atoms with E-state index < -0.39 is 0 Å². The van der Waals surface area contributed by atoms with Crippen LogP contribution in [0.15, 0.2) is 239 Å². The molecule has 0 amide bonds. The molecular weight excluding hydrogens is 809 g/mol. The van der Waals surface area contributed by atoms with Crippen molar-refractivity contribution in [1.82, 2.24) is 19.9 Å². The van der Waals surface area contributed by atoms with Gasteiger partial charge >= 0.3 is 0 Å². The molecule has 0 aliphatic carbocycles. The van der Waals surface area contributed by atoms with Crippen LogP contribution in [0.1, 0.15) is 0 Å². The van der Waals surface area contributed by atoms with E-state index in [4.69, 9.17) is 18.8 Å². The van der Waals surface area contributed by atoms with Gasteiger partial charge in [0.15, 0.2) is 11.2 Å². The molecule has 12 aromatic rings. The molecule has 0 fully saturated rings. The average Bonchev–Trinajstić information content (AvgIpc) is 4.06. The van der Waals surface area contributed by atoms with E-state index in [1.807, 2.05) is 66.7 Å². The maximum atomic E-state index is 6.63. The van der Waals surface area contributed by atoms with Gasteiger partial charge in [-0.15, -0.1) is 0 Å². The summed E-state index contributed by atoms with van der Waals surface area (Å²) in [5.74, 6) is 1.20. The molecule has 0 aliphatic rings. The van der Waals surface area contributed by atoms with Crippen LogP contribution in [0, 0.1) is 0 Å². The molecule has 4 aromatic heterocycles. The van der Waals surface area contributed by atoms with Gasteiger partial charge in [0, 0.05) is 39.6 Å². The lowest BCUT2D eigenvalue weighted by molar-refractivity contribution is 0.619. The lowest BCUT2D eigenvalue weighted by atomic mass is 9.95. The number of hydrogen-bond donors (Lipinski definition) is 0. The molecular formula is C60H38N4O2. The zero-order chi connectivity index (χ0) is 43.8. The van der Waals surface area contributed by atoms with Crippen molar-refractivity contribution in [3.05, 3.63) is 231 Å². The van der Waals surface area contributed by atoms with Crippen LogP contribution in [-0.2, 0) is 0 Å². The van der Waals surface area contributed by atoms with Gasteiger partial charge in [0.25, 0.3) is 0 Å². The third-order valence-corrected chi connectivity index (χ3v) is 12.1. The molecule has 0 unspecified atom stereocenters. The Morgan fingerprint density at radius 2 is 0.773 bits per heavy atom. The highest BCUT2D eigenvalue weighted by atomic mass is 16.4. The van der Waals surface area contributed by atoms with Crippen LogP contribution in [0.3, 0.4) is 0 Å². The first kappa shape index (κ1) is 38.7. The topological polar surface area (TPSA) is 77.8 Å². The van der Waals surface area contributed by atoms with Crippen LogP contribution in [0.5, 0.6) is 0 Å². The Hall–Kier alpha value is -9.00. The molecule has 4 heterocycles. The molecule has 0 aliphatic heterocycles. The summed E-state index contributed by atoms with van der Waals surface area (Å²) < 4.78 is 12.6. The number of pyridine rings is 2. The van der Waals surface area contributed by atoms with E-state index in [0.717, 1.165) is 112 Å². The quantitative estimate of drug-likeness (QED) is 0.144. The Morgan fingerprint density at radius 1 is 0.288 bits per heavy atom. The second kappa shape index (κ2) is 16.6. The zero-order valence-electron chi connectivity index (χ0n) is 35.5. The van der Waals surface area contributed by atoms with Gasteiger partial charge in [0.1, 0.15) is 11.0 Å². The first-order valence-corrected chi connectivity index (χ1v) is 21.9. The Balaban J connectivity index is 0.840. The van der Waals surface area contributed by atoms with Gasteiger partial charge in [0.2, 0.25) is 11.8 Å². The van der Waals surface area contributed by atoms with Crippen molar-refractivity contribution in [3.8, 4) is 101 Å². The summed E-state index contributed by atoms with van der Waals surface area (Å²) in [5.41, 5.74) is 19.4. The number of fused-ring (bicyclic) bond motifs is 2. The van der Waals surface area contributed by atoms with E-state index in [9.17, 15) is 0 Å². The summed E-state index contributed by atoms with van der Waals surface area (Å²) in [4.78, 5) is 19.6. The SMILES string of the molecule is c1ccc(-c2ccc(-c3ccccc3)c3oc(-c4ccc(-c5ccc(-c6nc(-c7ccccn7)ccc6-c6ccc(-c7ccc(-c8nc9ccccc9o8)cc7)cc6)cc5)cc4)nc23)cc1. The fourth-order valence-corrected chi connectivity index (χ4v) is 8.66. The molecule has 0 spiro atoms. The number of hydrogen-bond acceptors (Lipinski definition) is 6. The predicted molar refractivity (Wildman–Crippen MR) is 266 cm³/mol. The molecule has 12 rings (SSSR count). The highest BCUT2D eigenvalue weighted by Gasteiger charge is 2.19. The second-order valence-corrected chi connectivity index (χ2v) is 16.2. The van der Waals surface area contributed by atoms with Gasteiger partial charge in [-0.3, -0.25) is 4.98 Å². The molecule has 0 saturated carbocycles. The minimum absolute atomic E-state index is 0.585.